The highest BCUT2D eigenvalue weighted by atomic mass is 32.2. The maximum atomic E-state index is 10.8. The summed E-state index contributed by atoms with van der Waals surface area (Å²) in [4.78, 5) is 21.4. The molecule has 0 aromatic carbocycles. The van der Waals surface area contributed by atoms with Crippen LogP contribution in [-0.2, 0) is 9.59 Å². The molecule has 0 radical (unpaired) electrons. The highest BCUT2D eigenvalue weighted by molar-refractivity contribution is 8.13. The molecule has 18 heavy (non-hydrogen) atoms. The first-order valence-corrected chi connectivity index (χ1v) is 6.56. The zero-order valence-corrected chi connectivity index (χ0v) is 11.2. The minimum absolute atomic E-state index is 0.117. The number of carbonyl (C=O) groups excluding carboxylic acids is 1. The molecule has 0 saturated heterocycles. The van der Waals surface area contributed by atoms with Gasteiger partial charge in [0.05, 0.1) is 6.20 Å². The average molecular weight is 268 g/mol. The van der Waals surface area contributed by atoms with Gasteiger partial charge in [0.15, 0.2) is 5.12 Å². The molecule has 1 aromatic rings. The van der Waals surface area contributed by atoms with Crippen LogP contribution < -0.4 is 0 Å². The van der Waals surface area contributed by atoms with Crippen molar-refractivity contribution in [3.8, 4) is 0 Å². The van der Waals surface area contributed by atoms with E-state index >= 15 is 0 Å². The Kier molecular flexibility index (Phi) is 5.64. The van der Waals surface area contributed by atoms with E-state index in [-0.39, 0.29) is 5.12 Å². The molecule has 1 rings (SSSR count). The van der Waals surface area contributed by atoms with Crippen molar-refractivity contribution in [2.45, 2.75) is 26.3 Å². The lowest BCUT2D eigenvalue weighted by molar-refractivity contribution is -0.140. The Morgan fingerprint density at radius 3 is 2.94 bits per heavy atom. The Hall–Kier alpha value is -1.56. The molecule has 0 fully saturated rings. The fourth-order valence-electron chi connectivity index (χ4n) is 1.25. The van der Waals surface area contributed by atoms with Gasteiger partial charge < -0.3 is 5.11 Å². The van der Waals surface area contributed by atoms with Crippen molar-refractivity contribution < 1.29 is 14.7 Å². The predicted octanol–water partition coefficient (Wildman–Crippen LogP) is 2.21. The molecule has 1 N–H and O–H groups in total. The molecule has 0 amide bonds. The van der Waals surface area contributed by atoms with Crippen LogP contribution in [0, 0.1) is 0 Å². The topological polar surface area (TPSA) is 72.2 Å². The largest absolute Gasteiger partial charge is 0.480 e. The third-order valence-electron chi connectivity index (χ3n) is 2.28. The second-order valence-electron chi connectivity index (χ2n) is 3.80. The molecular weight excluding hydrogens is 252 g/mol. The van der Waals surface area contributed by atoms with Crippen LogP contribution in [0.4, 0.5) is 0 Å². The van der Waals surface area contributed by atoms with Gasteiger partial charge in [-0.15, -0.1) is 0 Å². The lowest BCUT2D eigenvalue weighted by Gasteiger charge is -2.04. The third-order valence-corrected chi connectivity index (χ3v) is 3.12. The molecular formula is C12H16N2O3S. The van der Waals surface area contributed by atoms with Gasteiger partial charge in [0, 0.05) is 24.4 Å². The minimum Gasteiger partial charge on any atom is -0.480 e. The van der Waals surface area contributed by atoms with Crippen LogP contribution in [0.1, 0.15) is 31.9 Å². The van der Waals surface area contributed by atoms with E-state index in [2.05, 4.69) is 5.10 Å². The summed E-state index contributed by atoms with van der Waals surface area (Å²) < 4.78 is 1.41. The van der Waals surface area contributed by atoms with E-state index in [0.717, 1.165) is 17.7 Å². The average Bonchev–Trinajstić information content (AvgIpc) is 2.75. The van der Waals surface area contributed by atoms with Gasteiger partial charge in [0.25, 0.3) is 0 Å². The van der Waals surface area contributed by atoms with Crippen molar-refractivity contribution >= 4 is 28.9 Å². The van der Waals surface area contributed by atoms with Crippen molar-refractivity contribution in [3.05, 3.63) is 24.0 Å². The van der Waals surface area contributed by atoms with Crippen LogP contribution >= 0.6 is 11.8 Å². The number of aromatic nitrogens is 2. The Balaban J connectivity index is 2.46. The lowest BCUT2D eigenvalue weighted by Crippen LogP contribution is -2.15. The quantitative estimate of drug-likeness (QED) is 0.801. The maximum absolute atomic E-state index is 10.8. The summed E-state index contributed by atoms with van der Waals surface area (Å²) >= 11 is 1.29. The monoisotopic (exact) mass is 268 g/mol. The first-order valence-electron chi connectivity index (χ1n) is 5.57. The molecule has 0 bridgehead atoms. The number of carbonyl (C=O) groups is 2. The van der Waals surface area contributed by atoms with Crippen molar-refractivity contribution in [3.63, 3.8) is 0 Å². The van der Waals surface area contributed by atoms with Gasteiger partial charge in [-0.1, -0.05) is 23.9 Å². The first-order chi connectivity index (χ1) is 8.50. The fraction of sp³-hybridized carbons (Fsp3) is 0.417. The van der Waals surface area contributed by atoms with Gasteiger partial charge in [-0.25, -0.2) is 4.79 Å². The van der Waals surface area contributed by atoms with E-state index in [0.29, 0.717) is 0 Å². The molecule has 0 aliphatic rings. The molecule has 0 aliphatic carbocycles. The van der Waals surface area contributed by atoms with Crippen molar-refractivity contribution in [1.29, 1.82) is 0 Å². The molecule has 5 nitrogen and oxygen atoms in total. The van der Waals surface area contributed by atoms with Crippen LogP contribution in [0.15, 0.2) is 18.5 Å². The van der Waals surface area contributed by atoms with E-state index in [1.165, 1.54) is 16.4 Å². The number of hydrogen-bond donors (Lipinski definition) is 1. The Bertz CT molecular complexity index is 454. The number of carboxylic acids is 1. The summed E-state index contributed by atoms with van der Waals surface area (Å²) in [6.07, 6.45) is 7.92. The SMILES string of the molecule is CC(=O)SCCC=Cc1cnn([C@@H](C)C(=O)O)c1. The highest BCUT2D eigenvalue weighted by Crippen LogP contribution is 2.09. The van der Waals surface area contributed by atoms with Crippen LogP contribution in [-0.4, -0.2) is 31.7 Å². The van der Waals surface area contributed by atoms with Gasteiger partial charge >= 0.3 is 5.97 Å². The van der Waals surface area contributed by atoms with E-state index in [9.17, 15) is 9.59 Å². The summed E-state index contributed by atoms with van der Waals surface area (Å²) in [5.41, 5.74) is 0.857. The number of hydrogen-bond acceptors (Lipinski definition) is 4. The zero-order chi connectivity index (χ0) is 13.5. The molecule has 0 aliphatic heterocycles. The Labute approximate surface area is 110 Å². The molecule has 1 atom stereocenters. The van der Waals surface area contributed by atoms with E-state index in [1.807, 2.05) is 12.2 Å². The molecule has 6 heteroatoms. The zero-order valence-electron chi connectivity index (χ0n) is 10.4. The second-order valence-corrected chi connectivity index (χ2v) is 5.07. The standard InChI is InChI=1S/C12H16N2O3S/c1-9(12(16)17)14-8-11(7-13-14)5-3-4-6-18-10(2)15/h3,5,7-9H,4,6H2,1-2H3,(H,16,17)/t9-/m0/s1. The molecule has 1 aromatic heterocycles. The Morgan fingerprint density at radius 1 is 1.61 bits per heavy atom. The number of aliphatic carboxylic acids is 1. The third kappa shape index (κ3) is 4.75. The predicted molar refractivity (Wildman–Crippen MR) is 71.4 cm³/mol. The summed E-state index contributed by atoms with van der Waals surface area (Å²) in [5, 5.41) is 12.9. The minimum atomic E-state index is -0.911. The van der Waals surface area contributed by atoms with Gasteiger partial charge in [0.2, 0.25) is 0 Å². The van der Waals surface area contributed by atoms with Crippen LogP contribution in [0.5, 0.6) is 0 Å². The van der Waals surface area contributed by atoms with Crippen molar-refractivity contribution in [2.75, 3.05) is 5.75 Å². The fourth-order valence-corrected chi connectivity index (χ4v) is 1.80. The van der Waals surface area contributed by atoms with Gasteiger partial charge in [-0.3, -0.25) is 9.48 Å². The Morgan fingerprint density at radius 2 is 2.33 bits per heavy atom. The molecule has 0 spiro atoms. The molecule has 1 heterocycles. The van der Waals surface area contributed by atoms with Gasteiger partial charge in [0.1, 0.15) is 6.04 Å². The lowest BCUT2D eigenvalue weighted by atomic mass is 10.3. The van der Waals surface area contributed by atoms with Crippen LogP contribution in [0.2, 0.25) is 0 Å². The normalized spacial score (nSPS) is 12.8. The van der Waals surface area contributed by atoms with E-state index < -0.39 is 12.0 Å². The number of carboxylic acid groups (broad SMARTS) is 1. The highest BCUT2D eigenvalue weighted by Gasteiger charge is 2.13. The first kappa shape index (κ1) is 14.5. The van der Waals surface area contributed by atoms with Crippen LogP contribution in [0.3, 0.4) is 0 Å². The summed E-state index contributed by atoms with van der Waals surface area (Å²) in [7, 11) is 0. The summed E-state index contributed by atoms with van der Waals surface area (Å²) in [6.45, 7) is 3.12. The number of rotatable bonds is 6. The summed E-state index contributed by atoms with van der Waals surface area (Å²) in [5.74, 6) is -0.155. The smallest absolute Gasteiger partial charge is 0.328 e. The molecule has 98 valence electrons. The van der Waals surface area contributed by atoms with Gasteiger partial charge in [-0.2, -0.15) is 5.10 Å². The maximum Gasteiger partial charge on any atom is 0.328 e. The van der Waals surface area contributed by atoms with E-state index in [4.69, 9.17) is 5.11 Å². The number of thioether (sulfide) groups is 1. The van der Waals surface area contributed by atoms with Crippen molar-refractivity contribution in [2.24, 2.45) is 0 Å². The van der Waals surface area contributed by atoms with Gasteiger partial charge in [-0.05, 0) is 13.3 Å². The molecule has 0 unspecified atom stereocenters. The van der Waals surface area contributed by atoms with Crippen molar-refractivity contribution in [1.82, 2.24) is 9.78 Å². The molecule has 0 saturated carbocycles. The second kappa shape index (κ2) is 7.00. The number of allylic oxidation sites excluding steroid dienone is 1. The summed E-state index contributed by atoms with van der Waals surface area (Å²) in [6, 6.07) is -0.666. The number of nitrogens with zero attached hydrogens (tertiary/aromatic N) is 2. The van der Waals surface area contributed by atoms with Crippen LogP contribution in [0.25, 0.3) is 6.08 Å². The van der Waals surface area contributed by atoms with E-state index in [1.54, 1.807) is 26.2 Å².